The number of esters is 2. The van der Waals surface area contributed by atoms with E-state index in [1.54, 1.807) is 37.3 Å². The minimum atomic E-state index is -0.609. The van der Waals surface area contributed by atoms with Crippen LogP contribution in [0, 0.1) is 6.92 Å². The van der Waals surface area contributed by atoms with Gasteiger partial charge in [-0.3, -0.25) is 0 Å². The highest BCUT2D eigenvalue weighted by Gasteiger charge is 2.22. The van der Waals surface area contributed by atoms with Gasteiger partial charge in [-0.15, -0.1) is 0 Å². The highest BCUT2D eigenvalue weighted by molar-refractivity contribution is 6.05. The van der Waals surface area contributed by atoms with Crippen molar-refractivity contribution in [3.05, 3.63) is 77.5 Å². The van der Waals surface area contributed by atoms with E-state index in [4.69, 9.17) is 14.0 Å². The van der Waals surface area contributed by atoms with Crippen molar-refractivity contribution in [2.75, 3.05) is 14.2 Å². The smallest absolute Gasteiger partial charge is 0.344 e. The maximum Gasteiger partial charge on any atom is 0.344 e. The van der Waals surface area contributed by atoms with E-state index < -0.39 is 11.9 Å². The monoisotopic (exact) mass is 444 g/mol. The molecule has 166 valence electrons. The van der Waals surface area contributed by atoms with E-state index in [2.05, 4.69) is 14.9 Å². The third kappa shape index (κ3) is 4.59. The van der Waals surface area contributed by atoms with Crippen LogP contribution in [0.3, 0.4) is 0 Å². The van der Waals surface area contributed by atoms with Gasteiger partial charge in [-0.25, -0.2) is 14.6 Å². The Bertz CT molecular complexity index is 1360. The third-order valence-electron chi connectivity index (χ3n) is 4.91. The lowest BCUT2D eigenvalue weighted by molar-refractivity contribution is -0.134. The number of rotatable bonds is 6. The molecule has 0 bridgehead atoms. The maximum atomic E-state index is 13.2. The van der Waals surface area contributed by atoms with Crippen LogP contribution in [0.25, 0.3) is 28.4 Å². The Hall–Kier alpha value is -4.46. The molecule has 0 saturated heterocycles. The summed E-state index contributed by atoms with van der Waals surface area (Å²) in [7, 11) is 2.76. The summed E-state index contributed by atoms with van der Waals surface area (Å²) in [6.45, 7) is 1.73. The van der Waals surface area contributed by atoms with Crippen LogP contribution in [0.5, 0.6) is 11.5 Å². The first-order valence-electron chi connectivity index (χ1n) is 9.99. The first kappa shape index (κ1) is 21.8. The fraction of sp³-hybridized carbons (Fsp3) is 0.120. The SMILES string of the molecule is COC(=O)/C=C/c1ccc(OC(=O)c2cc(-c3ccccc3)nc3onc(C)c23)c(OC)c1. The van der Waals surface area contributed by atoms with Crippen LogP contribution in [0.1, 0.15) is 21.6 Å². The Morgan fingerprint density at radius 2 is 1.79 bits per heavy atom. The van der Waals surface area contributed by atoms with Crippen LogP contribution in [0.4, 0.5) is 0 Å². The number of aryl methyl sites for hydroxylation is 1. The second-order valence-corrected chi connectivity index (χ2v) is 7.03. The van der Waals surface area contributed by atoms with E-state index in [1.165, 1.54) is 20.3 Å². The van der Waals surface area contributed by atoms with Crippen LogP contribution in [-0.2, 0) is 9.53 Å². The lowest BCUT2D eigenvalue weighted by atomic mass is 10.1. The number of nitrogens with zero attached hydrogens (tertiary/aromatic N) is 2. The zero-order valence-electron chi connectivity index (χ0n) is 18.2. The van der Waals surface area contributed by atoms with Gasteiger partial charge in [0, 0.05) is 11.6 Å². The van der Waals surface area contributed by atoms with Gasteiger partial charge >= 0.3 is 11.9 Å². The molecule has 33 heavy (non-hydrogen) atoms. The van der Waals surface area contributed by atoms with Crippen LogP contribution in [0.15, 0.2) is 65.2 Å². The summed E-state index contributed by atoms with van der Waals surface area (Å²) < 4.78 is 21.0. The molecule has 0 saturated carbocycles. The highest BCUT2D eigenvalue weighted by atomic mass is 16.6. The van der Waals surface area contributed by atoms with E-state index in [-0.39, 0.29) is 17.0 Å². The van der Waals surface area contributed by atoms with Gasteiger partial charge in [0.25, 0.3) is 5.71 Å². The fourth-order valence-electron chi connectivity index (χ4n) is 3.27. The van der Waals surface area contributed by atoms with Crippen molar-refractivity contribution < 1.29 is 28.3 Å². The number of pyridine rings is 1. The van der Waals surface area contributed by atoms with Crippen LogP contribution in [0.2, 0.25) is 0 Å². The summed E-state index contributed by atoms with van der Waals surface area (Å²) >= 11 is 0. The fourth-order valence-corrected chi connectivity index (χ4v) is 3.27. The molecule has 0 aliphatic heterocycles. The van der Waals surface area contributed by atoms with Crippen molar-refractivity contribution in [3.8, 4) is 22.8 Å². The number of hydrogen-bond donors (Lipinski definition) is 0. The van der Waals surface area contributed by atoms with Crippen molar-refractivity contribution >= 4 is 29.1 Å². The van der Waals surface area contributed by atoms with Crippen LogP contribution < -0.4 is 9.47 Å². The average molecular weight is 444 g/mol. The summed E-state index contributed by atoms with van der Waals surface area (Å²) in [6, 6.07) is 16.0. The molecule has 2 heterocycles. The number of carbonyl (C=O) groups excluding carboxylic acids is 2. The molecular formula is C25H20N2O6. The molecule has 0 aliphatic rings. The number of hydrogen-bond acceptors (Lipinski definition) is 8. The van der Waals surface area contributed by atoms with Crippen molar-refractivity contribution in [1.29, 1.82) is 0 Å². The zero-order valence-corrected chi connectivity index (χ0v) is 18.2. The summed E-state index contributed by atoms with van der Waals surface area (Å²) in [6.07, 6.45) is 2.85. The van der Waals surface area contributed by atoms with Gasteiger partial charge < -0.3 is 18.7 Å². The number of benzene rings is 2. The molecule has 4 rings (SSSR count). The molecule has 2 aromatic heterocycles. The first-order chi connectivity index (χ1) is 16.0. The van der Waals surface area contributed by atoms with Gasteiger partial charge in [0.15, 0.2) is 11.5 Å². The molecule has 0 radical (unpaired) electrons. The molecule has 8 nitrogen and oxygen atoms in total. The van der Waals surface area contributed by atoms with Gasteiger partial charge in [0.05, 0.1) is 36.6 Å². The molecule has 0 fully saturated rings. The van der Waals surface area contributed by atoms with Gasteiger partial charge in [-0.2, -0.15) is 0 Å². The number of aromatic nitrogens is 2. The second kappa shape index (κ2) is 9.35. The van der Waals surface area contributed by atoms with E-state index in [1.807, 2.05) is 30.3 Å². The summed E-state index contributed by atoms with van der Waals surface area (Å²) in [4.78, 5) is 29.0. The van der Waals surface area contributed by atoms with Gasteiger partial charge in [-0.05, 0) is 36.8 Å². The number of carbonyl (C=O) groups is 2. The number of methoxy groups -OCH3 is 2. The predicted molar refractivity (Wildman–Crippen MR) is 121 cm³/mol. The molecule has 8 heteroatoms. The molecule has 0 unspecified atom stereocenters. The van der Waals surface area contributed by atoms with Crippen LogP contribution in [-0.4, -0.2) is 36.3 Å². The third-order valence-corrected chi connectivity index (χ3v) is 4.91. The van der Waals surface area contributed by atoms with E-state index in [0.717, 1.165) is 5.56 Å². The Morgan fingerprint density at radius 3 is 2.52 bits per heavy atom. The molecular weight excluding hydrogens is 424 g/mol. The number of ether oxygens (including phenoxy) is 3. The van der Waals surface area contributed by atoms with Crippen molar-refractivity contribution in [2.45, 2.75) is 6.92 Å². The van der Waals surface area contributed by atoms with E-state index in [0.29, 0.717) is 28.1 Å². The van der Waals surface area contributed by atoms with Gasteiger partial charge in [0.2, 0.25) is 0 Å². The highest BCUT2D eigenvalue weighted by Crippen LogP contribution is 2.32. The normalized spacial score (nSPS) is 11.0. The lowest BCUT2D eigenvalue weighted by Gasteiger charge is -2.11. The molecule has 0 atom stereocenters. The zero-order chi connectivity index (χ0) is 23.4. The van der Waals surface area contributed by atoms with Crippen molar-refractivity contribution in [2.24, 2.45) is 0 Å². The average Bonchev–Trinajstić information content (AvgIpc) is 3.23. The molecule has 0 amide bonds. The van der Waals surface area contributed by atoms with Crippen molar-refractivity contribution in [3.63, 3.8) is 0 Å². The molecule has 0 spiro atoms. The Labute approximate surface area is 189 Å². The second-order valence-electron chi connectivity index (χ2n) is 7.03. The van der Waals surface area contributed by atoms with Gasteiger partial charge in [0.1, 0.15) is 0 Å². The van der Waals surface area contributed by atoms with Gasteiger partial charge in [-0.1, -0.05) is 41.6 Å². The lowest BCUT2D eigenvalue weighted by Crippen LogP contribution is -2.11. The minimum absolute atomic E-state index is 0.220. The summed E-state index contributed by atoms with van der Waals surface area (Å²) in [5.41, 5.74) is 3.09. The minimum Gasteiger partial charge on any atom is -0.493 e. The molecule has 0 N–H and O–H groups in total. The Morgan fingerprint density at radius 1 is 1.00 bits per heavy atom. The molecule has 4 aromatic rings. The van der Waals surface area contributed by atoms with E-state index in [9.17, 15) is 9.59 Å². The Balaban J connectivity index is 1.70. The molecule has 2 aromatic carbocycles. The molecule has 0 aliphatic carbocycles. The quantitative estimate of drug-likeness (QED) is 0.241. The Kier molecular flexibility index (Phi) is 6.17. The van der Waals surface area contributed by atoms with Crippen molar-refractivity contribution in [1.82, 2.24) is 10.1 Å². The largest absolute Gasteiger partial charge is 0.493 e. The summed E-state index contributed by atoms with van der Waals surface area (Å²) in [5, 5.41) is 4.43. The standard InChI is InChI=1S/C25H20N2O6/c1-15-23-18(14-19(26-24(23)33-27-15)17-7-5-4-6-8-17)25(29)32-20-11-9-16(13-21(20)30-2)10-12-22(28)31-3/h4-14H,1-3H3/b12-10+. The first-order valence-corrected chi connectivity index (χ1v) is 9.99. The topological polar surface area (TPSA) is 101 Å². The number of fused-ring (bicyclic) bond motifs is 1. The van der Waals surface area contributed by atoms with E-state index >= 15 is 0 Å². The van der Waals surface area contributed by atoms with Crippen LogP contribution >= 0.6 is 0 Å². The summed E-state index contributed by atoms with van der Waals surface area (Å²) in [5.74, 6) is -0.546. The maximum absolute atomic E-state index is 13.2. The predicted octanol–water partition coefficient (Wildman–Crippen LogP) is 4.61.